The molecule has 0 aliphatic rings. The van der Waals surface area contributed by atoms with Crippen LogP contribution in [0.5, 0.6) is 0 Å². The Hall–Kier alpha value is -1.77. The summed E-state index contributed by atoms with van der Waals surface area (Å²) in [6.07, 6.45) is 1.07. The molecular weight excluding hydrogens is 435 g/mol. The fraction of sp³-hybridized carbons (Fsp3) is 0.350. The van der Waals surface area contributed by atoms with Gasteiger partial charge in [0.2, 0.25) is 15.9 Å². The molecule has 2 aromatic rings. The second-order valence-electron chi connectivity index (χ2n) is 6.61. The van der Waals surface area contributed by atoms with E-state index >= 15 is 0 Å². The Balaban J connectivity index is 1.92. The summed E-state index contributed by atoms with van der Waals surface area (Å²) in [6.45, 7) is 3.77. The van der Waals surface area contributed by atoms with Crippen LogP contribution >= 0.6 is 23.4 Å². The molecule has 0 radical (unpaired) electrons. The summed E-state index contributed by atoms with van der Waals surface area (Å²) < 4.78 is 39.4. The summed E-state index contributed by atoms with van der Waals surface area (Å²) in [5, 5.41) is 3.11. The van der Waals surface area contributed by atoms with Crippen molar-refractivity contribution >= 4 is 45.0 Å². The van der Waals surface area contributed by atoms with Crippen molar-refractivity contribution in [1.82, 2.24) is 5.32 Å². The zero-order valence-electron chi connectivity index (χ0n) is 16.5. The number of anilines is 1. The lowest BCUT2D eigenvalue weighted by Gasteiger charge is -2.28. The Labute approximate surface area is 180 Å². The second kappa shape index (κ2) is 10.3. The number of hydrogen-bond acceptors (Lipinski definition) is 4. The highest BCUT2D eigenvalue weighted by Gasteiger charge is 2.28. The number of thioether (sulfide) groups is 1. The predicted octanol–water partition coefficient (Wildman–Crippen LogP) is 3.99. The highest BCUT2D eigenvalue weighted by atomic mass is 35.5. The maximum absolute atomic E-state index is 13.8. The second-order valence-corrected chi connectivity index (χ2v) is 9.99. The van der Waals surface area contributed by atoms with Gasteiger partial charge in [-0.2, -0.15) is 11.8 Å². The van der Waals surface area contributed by atoms with Crippen LogP contribution in [0.4, 0.5) is 10.1 Å². The van der Waals surface area contributed by atoms with Gasteiger partial charge in [0.25, 0.3) is 0 Å². The first-order valence-electron chi connectivity index (χ1n) is 8.95. The van der Waals surface area contributed by atoms with E-state index in [0.717, 1.165) is 16.1 Å². The average molecular weight is 459 g/mol. The molecule has 0 saturated carbocycles. The van der Waals surface area contributed by atoms with Crippen LogP contribution in [-0.2, 0) is 20.6 Å². The molecule has 0 spiro atoms. The van der Waals surface area contributed by atoms with Gasteiger partial charge in [0.15, 0.2) is 0 Å². The van der Waals surface area contributed by atoms with Crippen molar-refractivity contribution in [1.29, 1.82) is 0 Å². The lowest BCUT2D eigenvalue weighted by molar-refractivity contribution is -0.121. The third kappa shape index (κ3) is 6.62. The number of hydrogen-bond donors (Lipinski definition) is 1. The van der Waals surface area contributed by atoms with E-state index in [1.54, 1.807) is 43.3 Å². The van der Waals surface area contributed by atoms with E-state index < -0.39 is 22.0 Å². The Morgan fingerprint density at radius 3 is 2.48 bits per heavy atom. The number of rotatable bonds is 9. The summed E-state index contributed by atoms with van der Waals surface area (Å²) >= 11 is 7.42. The SMILES string of the molecule is Cc1ccc(N([C@@H](C)C(=O)NCCSCc2c(F)cccc2Cl)S(C)(=O)=O)cc1. The quantitative estimate of drug-likeness (QED) is 0.577. The van der Waals surface area contributed by atoms with E-state index in [-0.39, 0.29) is 5.82 Å². The molecule has 5 nitrogen and oxygen atoms in total. The van der Waals surface area contributed by atoms with Gasteiger partial charge in [0, 0.05) is 28.6 Å². The summed E-state index contributed by atoms with van der Waals surface area (Å²) in [5.74, 6) is 0.160. The molecule has 0 aromatic heterocycles. The van der Waals surface area contributed by atoms with Crippen molar-refractivity contribution in [3.8, 4) is 0 Å². The van der Waals surface area contributed by atoms with Crippen molar-refractivity contribution in [2.24, 2.45) is 0 Å². The minimum absolute atomic E-state index is 0.325. The third-order valence-electron chi connectivity index (χ3n) is 4.23. The molecule has 2 rings (SSSR count). The number of carbonyl (C=O) groups excluding carboxylic acids is 1. The summed E-state index contributed by atoms with van der Waals surface area (Å²) in [5.41, 5.74) is 1.86. The molecule has 0 heterocycles. The standard InChI is InChI=1S/C20H24ClFN2O3S2/c1-14-7-9-16(10-8-14)24(29(3,26)27)15(2)20(25)23-11-12-28-13-17-18(21)5-4-6-19(17)22/h4-10,15H,11-13H2,1-3H3,(H,23,25)/t15-/m0/s1. The van der Waals surface area contributed by atoms with Crippen LogP contribution in [0.25, 0.3) is 0 Å². The van der Waals surface area contributed by atoms with Gasteiger partial charge in [0.05, 0.1) is 11.9 Å². The zero-order chi connectivity index (χ0) is 21.6. The van der Waals surface area contributed by atoms with Crippen molar-refractivity contribution in [3.63, 3.8) is 0 Å². The van der Waals surface area contributed by atoms with E-state index in [2.05, 4.69) is 5.32 Å². The van der Waals surface area contributed by atoms with E-state index in [1.165, 1.54) is 17.8 Å². The number of nitrogens with one attached hydrogen (secondary N) is 1. The normalized spacial score (nSPS) is 12.4. The van der Waals surface area contributed by atoms with E-state index in [1.807, 2.05) is 6.92 Å². The van der Waals surface area contributed by atoms with Crippen molar-refractivity contribution in [2.45, 2.75) is 25.6 Å². The number of benzene rings is 2. The molecular formula is C20H24ClFN2O3S2. The molecule has 0 saturated heterocycles. The maximum Gasteiger partial charge on any atom is 0.243 e. The molecule has 158 valence electrons. The van der Waals surface area contributed by atoms with Gasteiger partial charge in [0.1, 0.15) is 11.9 Å². The van der Waals surface area contributed by atoms with Gasteiger partial charge in [-0.05, 0) is 38.1 Å². The first kappa shape index (κ1) is 23.5. The van der Waals surface area contributed by atoms with Crippen LogP contribution in [0.2, 0.25) is 5.02 Å². The fourth-order valence-corrected chi connectivity index (χ4v) is 5.11. The lowest BCUT2D eigenvalue weighted by atomic mass is 10.2. The van der Waals surface area contributed by atoms with Crippen LogP contribution < -0.4 is 9.62 Å². The number of aryl methyl sites for hydroxylation is 1. The molecule has 29 heavy (non-hydrogen) atoms. The summed E-state index contributed by atoms with van der Waals surface area (Å²) in [6, 6.07) is 10.6. The maximum atomic E-state index is 13.8. The zero-order valence-corrected chi connectivity index (χ0v) is 18.9. The predicted molar refractivity (Wildman–Crippen MR) is 119 cm³/mol. The van der Waals surface area contributed by atoms with Crippen molar-refractivity contribution in [3.05, 3.63) is 64.4 Å². The molecule has 9 heteroatoms. The van der Waals surface area contributed by atoms with Gasteiger partial charge in [-0.3, -0.25) is 9.10 Å². The molecule has 1 atom stereocenters. The number of carbonyl (C=O) groups is 1. The minimum Gasteiger partial charge on any atom is -0.353 e. The minimum atomic E-state index is -3.64. The Morgan fingerprint density at radius 2 is 1.90 bits per heavy atom. The highest BCUT2D eigenvalue weighted by molar-refractivity contribution is 7.98. The van der Waals surface area contributed by atoms with Crippen LogP contribution in [0.3, 0.4) is 0 Å². The van der Waals surface area contributed by atoms with Gasteiger partial charge < -0.3 is 5.32 Å². The number of nitrogens with zero attached hydrogens (tertiary/aromatic N) is 1. The number of halogens is 2. The highest BCUT2D eigenvalue weighted by Crippen LogP contribution is 2.24. The molecule has 0 unspecified atom stereocenters. The largest absolute Gasteiger partial charge is 0.353 e. The topological polar surface area (TPSA) is 66.5 Å². The van der Waals surface area contributed by atoms with Crippen molar-refractivity contribution < 1.29 is 17.6 Å². The van der Waals surface area contributed by atoms with E-state index in [0.29, 0.717) is 34.3 Å². The molecule has 0 bridgehead atoms. The molecule has 1 N–H and O–H groups in total. The summed E-state index contributed by atoms with van der Waals surface area (Å²) in [7, 11) is -3.64. The molecule has 0 aliphatic heterocycles. The first-order chi connectivity index (χ1) is 13.6. The van der Waals surface area contributed by atoms with Gasteiger partial charge in [-0.25, -0.2) is 12.8 Å². The molecule has 0 aliphatic carbocycles. The van der Waals surface area contributed by atoms with Gasteiger partial charge >= 0.3 is 0 Å². The van der Waals surface area contributed by atoms with Gasteiger partial charge in [-0.1, -0.05) is 35.4 Å². The van der Waals surface area contributed by atoms with Crippen LogP contribution in [-0.4, -0.2) is 38.9 Å². The number of amides is 1. The van der Waals surface area contributed by atoms with Gasteiger partial charge in [-0.15, -0.1) is 0 Å². The van der Waals surface area contributed by atoms with E-state index in [4.69, 9.17) is 11.6 Å². The number of sulfonamides is 1. The average Bonchev–Trinajstić information content (AvgIpc) is 2.64. The first-order valence-corrected chi connectivity index (χ1v) is 12.3. The molecule has 0 fully saturated rings. The monoisotopic (exact) mass is 458 g/mol. The fourth-order valence-electron chi connectivity index (χ4n) is 2.74. The third-order valence-corrected chi connectivity index (χ3v) is 6.81. The van der Waals surface area contributed by atoms with Crippen molar-refractivity contribution in [2.75, 3.05) is 22.9 Å². The Kier molecular flexibility index (Phi) is 8.36. The summed E-state index contributed by atoms with van der Waals surface area (Å²) in [4.78, 5) is 12.5. The van der Waals surface area contributed by atoms with Crippen LogP contribution in [0, 0.1) is 12.7 Å². The van der Waals surface area contributed by atoms with E-state index in [9.17, 15) is 17.6 Å². The smallest absolute Gasteiger partial charge is 0.243 e. The Bertz CT molecular complexity index is 932. The van der Waals surface area contributed by atoms with Crippen LogP contribution in [0.1, 0.15) is 18.1 Å². The molecule has 2 aromatic carbocycles. The molecule has 1 amide bonds. The lowest BCUT2D eigenvalue weighted by Crippen LogP contribution is -2.48. The van der Waals surface area contributed by atoms with Crippen LogP contribution in [0.15, 0.2) is 42.5 Å². The Morgan fingerprint density at radius 1 is 1.24 bits per heavy atom.